The van der Waals surface area contributed by atoms with Crippen molar-refractivity contribution in [3.63, 3.8) is 0 Å². The van der Waals surface area contributed by atoms with E-state index in [1.807, 2.05) is 66.3 Å². The van der Waals surface area contributed by atoms with Crippen molar-refractivity contribution in [2.45, 2.75) is 6.04 Å². The van der Waals surface area contributed by atoms with Crippen LogP contribution in [0.5, 0.6) is 5.75 Å². The van der Waals surface area contributed by atoms with Crippen molar-refractivity contribution in [1.29, 1.82) is 0 Å². The molecule has 1 N–H and O–H groups in total. The highest BCUT2D eigenvalue weighted by atomic mass is 35.5. The molecule has 1 amide bonds. The molecule has 1 atom stereocenters. The number of aryl methyl sites for hydroxylation is 1. The van der Waals surface area contributed by atoms with Gasteiger partial charge in [-0.05, 0) is 23.8 Å². The SMILES string of the molecule is COc1ccc([C@@H](NC(=O)c2sc3ccccc3c2Cl)c2nccn2C)cc1. The third-order valence-corrected chi connectivity index (χ3v) is 6.26. The van der Waals surface area contributed by atoms with Gasteiger partial charge >= 0.3 is 0 Å². The number of carbonyl (C=O) groups is 1. The summed E-state index contributed by atoms with van der Waals surface area (Å²) in [5.74, 6) is 1.26. The molecule has 0 aliphatic carbocycles. The van der Waals surface area contributed by atoms with Crippen LogP contribution in [0.1, 0.15) is 27.1 Å². The van der Waals surface area contributed by atoms with E-state index in [-0.39, 0.29) is 5.91 Å². The van der Waals surface area contributed by atoms with Crippen molar-refractivity contribution in [3.8, 4) is 5.75 Å². The van der Waals surface area contributed by atoms with Crippen LogP contribution in [-0.2, 0) is 7.05 Å². The van der Waals surface area contributed by atoms with E-state index in [1.165, 1.54) is 11.3 Å². The van der Waals surface area contributed by atoms with Crippen molar-refractivity contribution in [3.05, 3.63) is 82.2 Å². The number of amides is 1. The van der Waals surface area contributed by atoms with E-state index < -0.39 is 6.04 Å². The van der Waals surface area contributed by atoms with Crippen LogP contribution in [0.3, 0.4) is 0 Å². The lowest BCUT2D eigenvalue weighted by atomic mass is 10.1. The molecule has 0 saturated carbocycles. The van der Waals surface area contributed by atoms with Gasteiger partial charge in [-0.3, -0.25) is 4.79 Å². The first-order valence-corrected chi connectivity index (χ1v) is 9.87. The molecule has 7 heteroatoms. The van der Waals surface area contributed by atoms with E-state index in [9.17, 15) is 4.79 Å². The van der Waals surface area contributed by atoms with E-state index in [0.29, 0.717) is 9.90 Å². The summed E-state index contributed by atoms with van der Waals surface area (Å²) in [5, 5.41) is 4.46. The van der Waals surface area contributed by atoms with Crippen molar-refractivity contribution in [2.75, 3.05) is 7.11 Å². The van der Waals surface area contributed by atoms with Crippen molar-refractivity contribution in [2.24, 2.45) is 7.05 Å². The number of rotatable bonds is 5. The minimum atomic E-state index is -0.417. The normalized spacial score (nSPS) is 12.1. The highest BCUT2D eigenvalue weighted by Crippen LogP contribution is 2.35. The van der Waals surface area contributed by atoms with Gasteiger partial charge in [0.2, 0.25) is 0 Å². The Morgan fingerprint density at radius 3 is 2.61 bits per heavy atom. The standard InChI is InChI=1S/C21H18ClN3O2S/c1-25-12-11-23-20(25)18(13-7-9-14(27-2)10-8-13)24-21(26)19-17(22)15-5-3-4-6-16(15)28-19/h3-12,18H,1-2H3,(H,24,26)/t18-/m1/s1. The second-order valence-corrected chi connectivity index (χ2v) is 7.75. The number of ether oxygens (including phenoxy) is 1. The first-order valence-electron chi connectivity index (χ1n) is 8.67. The van der Waals surface area contributed by atoms with Gasteiger partial charge in [0.05, 0.1) is 12.1 Å². The Hall–Kier alpha value is -2.83. The first-order chi connectivity index (χ1) is 13.6. The number of thiophene rings is 1. The monoisotopic (exact) mass is 411 g/mol. The molecular weight excluding hydrogens is 394 g/mol. The van der Waals surface area contributed by atoms with E-state index in [0.717, 1.165) is 27.2 Å². The molecule has 2 heterocycles. The first kappa shape index (κ1) is 18.5. The number of hydrogen-bond acceptors (Lipinski definition) is 4. The zero-order valence-corrected chi connectivity index (χ0v) is 16.9. The van der Waals surface area contributed by atoms with Gasteiger partial charge < -0.3 is 14.6 Å². The summed E-state index contributed by atoms with van der Waals surface area (Å²) in [4.78, 5) is 18.0. The summed E-state index contributed by atoms with van der Waals surface area (Å²) < 4.78 is 8.11. The van der Waals surface area contributed by atoms with Crippen LogP contribution in [0.15, 0.2) is 60.9 Å². The van der Waals surface area contributed by atoms with E-state index >= 15 is 0 Å². The van der Waals surface area contributed by atoms with E-state index in [4.69, 9.17) is 16.3 Å². The summed E-state index contributed by atoms with van der Waals surface area (Å²) in [6.45, 7) is 0. The Balaban J connectivity index is 1.71. The fourth-order valence-electron chi connectivity index (χ4n) is 3.11. The van der Waals surface area contributed by atoms with Crippen LogP contribution >= 0.6 is 22.9 Å². The van der Waals surface area contributed by atoms with Crippen molar-refractivity contribution >= 4 is 38.9 Å². The lowest BCUT2D eigenvalue weighted by Crippen LogP contribution is -2.30. The third kappa shape index (κ3) is 3.37. The maximum absolute atomic E-state index is 13.1. The summed E-state index contributed by atoms with van der Waals surface area (Å²) in [6, 6.07) is 14.9. The minimum Gasteiger partial charge on any atom is -0.497 e. The summed E-state index contributed by atoms with van der Waals surface area (Å²) >= 11 is 7.87. The van der Waals surface area contributed by atoms with Gasteiger partial charge in [0, 0.05) is 29.5 Å². The number of carbonyl (C=O) groups excluding carboxylic acids is 1. The van der Waals surface area contributed by atoms with Gasteiger partial charge in [0.25, 0.3) is 5.91 Å². The van der Waals surface area contributed by atoms with Crippen LogP contribution in [0, 0.1) is 0 Å². The molecule has 0 fully saturated rings. The Morgan fingerprint density at radius 1 is 1.21 bits per heavy atom. The number of nitrogens with zero attached hydrogens (tertiary/aromatic N) is 2. The average Bonchev–Trinajstić information content (AvgIpc) is 3.30. The fourth-order valence-corrected chi connectivity index (χ4v) is 4.53. The number of imidazole rings is 1. The molecule has 0 unspecified atom stereocenters. The Labute approximate surface area is 171 Å². The lowest BCUT2D eigenvalue weighted by Gasteiger charge is -2.19. The number of aromatic nitrogens is 2. The highest BCUT2D eigenvalue weighted by molar-refractivity contribution is 7.21. The number of nitrogens with one attached hydrogen (secondary N) is 1. The molecule has 0 saturated heterocycles. The maximum Gasteiger partial charge on any atom is 0.263 e. The quantitative estimate of drug-likeness (QED) is 0.512. The molecule has 2 aromatic carbocycles. The summed E-state index contributed by atoms with van der Waals surface area (Å²) in [6.07, 6.45) is 3.56. The molecule has 0 spiro atoms. The molecule has 5 nitrogen and oxygen atoms in total. The largest absolute Gasteiger partial charge is 0.497 e. The average molecular weight is 412 g/mol. The second kappa shape index (κ2) is 7.66. The van der Waals surface area contributed by atoms with Gasteiger partial charge in [0.1, 0.15) is 22.5 Å². The van der Waals surface area contributed by atoms with Gasteiger partial charge in [0.15, 0.2) is 0 Å². The zero-order valence-electron chi connectivity index (χ0n) is 15.3. The summed E-state index contributed by atoms with van der Waals surface area (Å²) in [7, 11) is 3.52. The summed E-state index contributed by atoms with van der Waals surface area (Å²) in [5.41, 5.74) is 0.903. The van der Waals surface area contributed by atoms with Gasteiger partial charge in [-0.15, -0.1) is 11.3 Å². The van der Waals surface area contributed by atoms with Gasteiger partial charge in [-0.25, -0.2) is 4.98 Å². The Bertz CT molecular complexity index is 1130. The van der Waals surface area contributed by atoms with Crippen LogP contribution in [0.25, 0.3) is 10.1 Å². The molecular formula is C21H18ClN3O2S. The molecule has 2 aromatic heterocycles. The molecule has 0 aliphatic heterocycles. The predicted molar refractivity (Wildman–Crippen MR) is 112 cm³/mol. The third-order valence-electron chi connectivity index (χ3n) is 4.58. The van der Waals surface area contributed by atoms with E-state index in [2.05, 4.69) is 10.3 Å². The second-order valence-electron chi connectivity index (χ2n) is 6.32. The van der Waals surface area contributed by atoms with Crippen LogP contribution in [0.2, 0.25) is 5.02 Å². The van der Waals surface area contributed by atoms with Crippen molar-refractivity contribution < 1.29 is 9.53 Å². The van der Waals surface area contributed by atoms with Crippen LogP contribution in [0.4, 0.5) is 0 Å². The number of benzene rings is 2. The molecule has 4 aromatic rings. The molecule has 0 radical (unpaired) electrons. The maximum atomic E-state index is 13.1. The minimum absolute atomic E-state index is 0.227. The molecule has 28 heavy (non-hydrogen) atoms. The molecule has 0 bridgehead atoms. The lowest BCUT2D eigenvalue weighted by molar-refractivity contribution is 0.0945. The van der Waals surface area contributed by atoms with Gasteiger partial charge in [-0.2, -0.15) is 0 Å². The predicted octanol–water partition coefficient (Wildman–Crippen LogP) is 4.82. The van der Waals surface area contributed by atoms with Crippen LogP contribution in [-0.4, -0.2) is 22.6 Å². The molecule has 0 aliphatic rings. The van der Waals surface area contributed by atoms with Gasteiger partial charge in [-0.1, -0.05) is 41.9 Å². The Morgan fingerprint density at radius 2 is 1.96 bits per heavy atom. The molecule has 142 valence electrons. The number of hydrogen-bond donors (Lipinski definition) is 1. The highest BCUT2D eigenvalue weighted by Gasteiger charge is 2.24. The molecule has 4 rings (SSSR count). The zero-order chi connectivity index (χ0) is 19.7. The number of fused-ring (bicyclic) bond motifs is 1. The smallest absolute Gasteiger partial charge is 0.263 e. The van der Waals surface area contributed by atoms with Crippen molar-refractivity contribution in [1.82, 2.24) is 14.9 Å². The number of methoxy groups -OCH3 is 1. The van der Waals surface area contributed by atoms with Crippen LogP contribution < -0.4 is 10.1 Å². The number of halogens is 1. The van der Waals surface area contributed by atoms with E-state index in [1.54, 1.807) is 13.3 Å². The Kier molecular flexibility index (Phi) is 5.07. The topological polar surface area (TPSA) is 56.1 Å². The fraction of sp³-hybridized carbons (Fsp3) is 0.143.